The summed E-state index contributed by atoms with van der Waals surface area (Å²) in [6, 6.07) is 9.20. The van der Waals surface area contributed by atoms with Crippen LogP contribution in [-0.4, -0.2) is 36.9 Å². The summed E-state index contributed by atoms with van der Waals surface area (Å²) in [7, 11) is 0. The minimum Gasteiger partial charge on any atom is -0.458 e. The predicted octanol–water partition coefficient (Wildman–Crippen LogP) is 2.12. The van der Waals surface area contributed by atoms with E-state index in [4.69, 9.17) is 9.15 Å². The molecule has 0 saturated carbocycles. The van der Waals surface area contributed by atoms with Crippen molar-refractivity contribution in [1.29, 1.82) is 0 Å². The second kappa shape index (κ2) is 6.60. The quantitative estimate of drug-likeness (QED) is 0.806. The van der Waals surface area contributed by atoms with E-state index in [2.05, 4.69) is 10.6 Å². The number of nitrogens with one attached hydrogen (secondary N) is 2. The lowest BCUT2D eigenvalue weighted by Crippen LogP contribution is -2.48. The minimum atomic E-state index is -1.27. The highest BCUT2D eigenvalue weighted by atomic mass is 16.5. The number of urea groups is 1. The molecule has 1 aliphatic heterocycles. The van der Waals surface area contributed by atoms with Crippen LogP contribution in [0.25, 0.3) is 11.0 Å². The van der Waals surface area contributed by atoms with E-state index in [-0.39, 0.29) is 18.6 Å². The molecule has 0 radical (unpaired) electrons. The maximum Gasteiger partial charge on any atom is 0.315 e. The molecular formula is C17H22N2O4. The van der Waals surface area contributed by atoms with Gasteiger partial charge in [-0.3, -0.25) is 0 Å². The lowest BCUT2D eigenvalue weighted by Gasteiger charge is -2.25. The fraction of sp³-hybridized carbons (Fsp3) is 0.471. The third kappa shape index (κ3) is 3.83. The molecule has 1 aliphatic rings. The number of fused-ring (bicyclic) bond motifs is 1. The van der Waals surface area contributed by atoms with Gasteiger partial charge in [0.1, 0.15) is 16.9 Å². The first-order chi connectivity index (χ1) is 11.0. The fourth-order valence-electron chi connectivity index (χ4n) is 2.67. The average molecular weight is 318 g/mol. The van der Waals surface area contributed by atoms with Crippen molar-refractivity contribution in [1.82, 2.24) is 10.6 Å². The van der Waals surface area contributed by atoms with E-state index in [9.17, 15) is 9.90 Å². The molecule has 1 fully saturated rings. The number of hydrogen-bond acceptors (Lipinski definition) is 4. The number of carbonyl (C=O) groups excluding carboxylic acids is 1. The van der Waals surface area contributed by atoms with Gasteiger partial charge in [-0.2, -0.15) is 0 Å². The van der Waals surface area contributed by atoms with Crippen LogP contribution in [0.4, 0.5) is 4.79 Å². The molecule has 1 unspecified atom stereocenters. The summed E-state index contributed by atoms with van der Waals surface area (Å²) in [5.74, 6) is 0.435. The number of amides is 2. The standard InChI is InChI=1S/C17H22N2O4/c1-17(21,15-10-12-4-2-3-5-14(12)23-15)11-18-16(20)19-13-6-8-22-9-7-13/h2-5,10,13,21H,6-9,11H2,1H3,(H2,18,19,20). The van der Waals surface area contributed by atoms with Crippen molar-refractivity contribution in [3.8, 4) is 0 Å². The van der Waals surface area contributed by atoms with Crippen LogP contribution in [0.3, 0.4) is 0 Å². The molecule has 0 aliphatic carbocycles. The molecule has 1 atom stereocenters. The Balaban J connectivity index is 1.58. The third-order valence-corrected chi connectivity index (χ3v) is 4.11. The predicted molar refractivity (Wildman–Crippen MR) is 86.2 cm³/mol. The van der Waals surface area contributed by atoms with E-state index in [1.54, 1.807) is 13.0 Å². The van der Waals surface area contributed by atoms with Gasteiger partial charge >= 0.3 is 6.03 Å². The number of hydrogen-bond donors (Lipinski definition) is 3. The van der Waals surface area contributed by atoms with Gasteiger partial charge in [0.05, 0.1) is 6.54 Å². The summed E-state index contributed by atoms with van der Waals surface area (Å²) < 4.78 is 10.9. The summed E-state index contributed by atoms with van der Waals surface area (Å²) >= 11 is 0. The molecule has 3 rings (SSSR count). The van der Waals surface area contributed by atoms with Crippen molar-refractivity contribution in [3.63, 3.8) is 0 Å². The Morgan fingerprint density at radius 1 is 1.35 bits per heavy atom. The van der Waals surface area contributed by atoms with Gasteiger partial charge in [-0.1, -0.05) is 18.2 Å². The molecule has 1 aromatic heterocycles. The molecule has 0 bridgehead atoms. The topological polar surface area (TPSA) is 83.7 Å². The first-order valence-corrected chi connectivity index (χ1v) is 7.88. The Hall–Kier alpha value is -2.05. The van der Waals surface area contributed by atoms with Crippen molar-refractivity contribution in [2.24, 2.45) is 0 Å². The number of para-hydroxylation sites is 1. The first-order valence-electron chi connectivity index (χ1n) is 7.88. The average Bonchev–Trinajstić information content (AvgIpc) is 2.99. The van der Waals surface area contributed by atoms with Crippen LogP contribution >= 0.6 is 0 Å². The number of aliphatic hydroxyl groups is 1. The number of furan rings is 1. The van der Waals surface area contributed by atoms with Crippen LogP contribution in [0.5, 0.6) is 0 Å². The smallest absolute Gasteiger partial charge is 0.315 e. The van der Waals surface area contributed by atoms with Gasteiger partial charge in [-0.25, -0.2) is 4.79 Å². The summed E-state index contributed by atoms with van der Waals surface area (Å²) in [5.41, 5.74) is -0.555. The van der Waals surface area contributed by atoms with E-state index in [0.29, 0.717) is 19.0 Å². The molecule has 0 spiro atoms. The van der Waals surface area contributed by atoms with Crippen LogP contribution in [0.15, 0.2) is 34.7 Å². The summed E-state index contributed by atoms with van der Waals surface area (Å²) in [4.78, 5) is 12.0. The van der Waals surface area contributed by atoms with Gasteiger partial charge in [0, 0.05) is 24.6 Å². The molecule has 2 amide bonds. The van der Waals surface area contributed by atoms with Gasteiger partial charge in [0.2, 0.25) is 0 Å². The maximum atomic E-state index is 12.0. The highest BCUT2D eigenvalue weighted by molar-refractivity contribution is 5.78. The van der Waals surface area contributed by atoms with Crippen LogP contribution in [0.2, 0.25) is 0 Å². The SMILES string of the molecule is CC(O)(CNC(=O)NC1CCOCC1)c1cc2ccccc2o1. The summed E-state index contributed by atoms with van der Waals surface area (Å²) in [6.07, 6.45) is 1.63. The van der Waals surface area contributed by atoms with Crippen LogP contribution in [0.1, 0.15) is 25.5 Å². The minimum absolute atomic E-state index is 0.0713. The van der Waals surface area contributed by atoms with E-state index >= 15 is 0 Å². The van der Waals surface area contributed by atoms with Gasteiger partial charge in [-0.05, 0) is 31.9 Å². The molecule has 1 saturated heterocycles. The highest BCUT2D eigenvalue weighted by Crippen LogP contribution is 2.27. The number of benzene rings is 1. The Morgan fingerprint density at radius 3 is 2.83 bits per heavy atom. The maximum absolute atomic E-state index is 12.0. The Labute approximate surface area is 134 Å². The Kier molecular flexibility index (Phi) is 4.54. The zero-order valence-corrected chi connectivity index (χ0v) is 13.2. The van der Waals surface area contributed by atoms with E-state index in [1.807, 2.05) is 24.3 Å². The summed E-state index contributed by atoms with van der Waals surface area (Å²) in [5, 5.41) is 17.1. The molecule has 3 N–H and O–H groups in total. The van der Waals surface area contributed by atoms with E-state index in [1.165, 1.54) is 0 Å². The van der Waals surface area contributed by atoms with E-state index < -0.39 is 5.60 Å². The number of rotatable bonds is 4. The third-order valence-electron chi connectivity index (χ3n) is 4.11. The molecular weight excluding hydrogens is 296 g/mol. The Morgan fingerprint density at radius 2 is 2.09 bits per heavy atom. The van der Waals surface area contributed by atoms with Crippen molar-refractivity contribution in [2.75, 3.05) is 19.8 Å². The van der Waals surface area contributed by atoms with Crippen molar-refractivity contribution in [3.05, 3.63) is 36.1 Å². The number of ether oxygens (including phenoxy) is 1. The monoisotopic (exact) mass is 318 g/mol. The number of carbonyl (C=O) groups is 1. The van der Waals surface area contributed by atoms with Gasteiger partial charge in [0.25, 0.3) is 0 Å². The highest BCUT2D eigenvalue weighted by Gasteiger charge is 2.28. The molecule has 2 heterocycles. The molecule has 1 aromatic carbocycles. The summed E-state index contributed by atoms with van der Waals surface area (Å²) in [6.45, 7) is 3.03. The lowest BCUT2D eigenvalue weighted by molar-refractivity contribution is 0.0377. The van der Waals surface area contributed by atoms with Crippen molar-refractivity contribution in [2.45, 2.75) is 31.4 Å². The van der Waals surface area contributed by atoms with Gasteiger partial charge < -0.3 is 24.9 Å². The van der Waals surface area contributed by atoms with Gasteiger partial charge in [-0.15, -0.1) is 0 Å². The second-order valence-electron chi connectivity index (χ2n) is 6.14. The Bertz CT molecular complexity index is 641. The first kappa shape index (κ1) is 15.8. The lowest BCUT2D eigenvalue weighted by atomic mass is 10.0. The van der Waals surface area contributed by atoms with Crippen LogP contribution < -0.4 is 10.6 Å². The van der Waals surface area contributed by atoms with Crippen LogP contribution in [0, 0.1) is 0 Å². The van der Waals surface area contributed by atoms with Gasteiger partial charge in [0.15, 0.2) is 0 Å². The fourth-order valence-corrected chi connectivity index (χ4v) is 2.67. The normalized spacial score (nSPS) is 18.5. The second-order valence-corrected chi connectivity index (χ2v) is 6.14. The molecule has 23 heavy (non-hydrogen) atoms. The molecule has 124 valence electrons. The molecule has 6 heteroatoms. The zero-order chi connectivity index (χ0) is 16.3. The van der Waals surface area contributed by atoms with Crippen molar-refractivity contribution >= 4 is 17.0 Å². The zero-order valence-electron chi connectivity index (χ0n) is 13.2. The van der Waals surface area contributed by atoms with Crippen LogP contribution in [-0.2, 0) is 10.3 Å². The molecule has 6 nitrogen and oxygen atoms in total. The molecule has 2 aromatic rings. The van der Waals surface area contributed by atoms with Crippen molar-refractivity contribution < 1.29 is 19.1 Å². The largest absolute Gasteiger partial charge is 0.458 e. The van der Waals surface area contributed by atoms with E-state index in [0.717, 1.165) is 23.8 Å².